The second kappa shape index (κ2) is 2.92. The smallest absolute Gasteiger partial charge is 0.257 e. The summed E-state index contributed by atoms with van der Waals surface area (Å²) in [4.78, 5) is 28.5. The van der Waals surface area contributed by atoms with E-state index in [9.17, 15) is 9.59 Å². The highest BCUT2D eigenvalue weighted by Crippen LogP contribution is 2.37. The summed E-state index contributed by atoms with van der Waals surface area (Å²) >= 11 is 0. The van der Waals surface area contributed by atoms with E-state index in [0.29, 0.717) is 5.82 Å². The molecule has 0 saturated heterocycles. The number of hydrogen-bond acceptors (Lipinski definition) is 3. The van der Waals surface area contributed by atoms with Crippen molar-refractivity contribution in [3.63, 3.8) is 0 Å². The molecule has 0 radical (unpaired) electrons. The lowest BCUT2D eigenvalue weighted by Crippen LogP contribution is -2.33. The zero-order chi connectivity index (χ0) is 11.2. The molecule has 5 heteroatoms. The van der Waals surface area contributed by atoms with Crippen LogP contribution in [0.4, 0.5) is 0 Å². The molecule has 1 aliphatic rings. The fourth-order valence-electron chi connectivity index (χ4n) is 1.74. The highest BCUT2D eigenvalue weighted by molar-refractivity contribution is 5.37. The monoisotopic (exact) mass is 207 g/mol. The first-order valence-corrected chi connectivity index (χ1v) is 4.80. The molecule has 80 valence electrons. The molecular formula is C10H13N3O2. The molecule has 1 aromatic heterocycles. The SMILES string of the molecule is CC(C)(C)C1C=Cn2c1nc(=O)[nH]c2=O. The van der Waals surface area contributed by atoms with Crippen molar-refractivity contribution in [3.05, 3.63) is 32.9 Å². The van der Waals surface area contributed by atoms with E-state index in [-0.39, 0.29) is 11.3 Å². The molecule has 1 unspecified atom stereocenters. The van der Waals surface area contributed by atoms with Crippen LogP contribution >= 0.6 is 0 Å². The zero-order valence-corrected chi connectivity index (χ0v) is 8.94. The Hall–Kier alpha value is -1.65. The molecule has 2 heterocycles. The number of fused-ring (bicyclic) bond motifs is 1. The Morgan fingerprint density at radius 2 is 2.07 bits per heavy atom. The fraction of sp³-hybridized carbons (Fsp3) is 0.500. The van der Waals surface area contributed by atoms with E-state index < -0.39 is 11.4 Å². The van der Waals surface area contributed by atoms with Gasteiger partial charge in [-0.15, -0.1) is 0 Å². The van der Waals surface area contributed by atoms with Gasteiger partial charge in [-0.2, -0.15) is 4.98 Å². The van der Waals surface area contributed by atoms with E-state index >= 15 is 0 Å². The minimum atomic E-state index is -0.579. The minimum Gasteiger partial charge on any atom is -0.257 e. The predicted molar refractivity (Wildman–Crippen MR) is 56.6 cm³/mol. The quantitative estimate of drug-likeness (QED) is 0.675. The lowest BCUT2D eigenvalue weighted by Gasteiger charge is -2.24. The van der Waals surface area contributed by atoms with Crippen molar-refractivity contribution in [2.45, 2.75) is 26.7 Å². The van der Waals surface area contributed by atoms with Crippen molar-refractivity contribution in [2.24, 2.45) is 5.41 Å². The van der Waals surface area contributed by atoms with Gasteiger partial charge < -0.3 is 0 Å². The van der Waals surface area contributed by atoms with E-state index in [1.807, 2.05) is 26.8 Å². The van der Waals surface area contributed by atoms with Crippen LogP contribution in [0.15, 0.2) is 15.7 Å². The summed E-state index contributed by atoms with van der Waals surface area (Å²) in [5, 5.41) is 0. The van der Waals surface area contributed by atoms with E-state index in [1.54, 1.807) is 6.20 Å². The van der Waals surface area contributed by atoms with Crippen LogP contribution in [0.2, 0.25) is 0 Å². The second-order valence-electron chi connectivity index (χ2n) is 4.76. The summed E-state index contributed by atoms with van der Waals surface area (Å²) in [7, 11) is 0. The van der Waals surface area contributed by atoms with Crippen molar-refractivity contribution in [1.82, 2.24) is 14.5 Å². The van der Waals surface area contributed by atoms with E-state index in [4.69, 9.17) is 0 Å². The molecule has 5 nitrogen and oxygen atoms in total. The topological polar surface area (TPSA) is 67.8 Å². The average molecular weight is 207 g/mol. The molecule has 15 heavy (non-hydrogen) atoms. The van der Waals surface area contributed by atoms with E-state index in [0.717, 1.165) is 0 Å². The van der Waals surface area contributed by atoms with Gasteiger partial charge in [0.15, 0.2) is 0 Å². The van der Waals surface area contributed by atoms with Crippen molar-refractivity contribution < 1.29 is 0 Å². The molecule has 0 saturated carbocycles. The van der Waals surface area contributed by atoms with Crippen molar-refractivity contribution in [2.75, 3.05) is 0 Å². The normalized spacial score (nSPS) is 19.3. The molecule has 1 aliphatic heterocycles. The van der Waals surface area contributed by atoms with Gasteiger partial charge in [-0.25, -0.2) is 9.59 Å². The summed E-state index contributed by atoms with van der Waals surface area (Å²) in [6.07, 6.45) is 3.56. The maximum atomic E-state index is 11.4. The summed E-state index contributed by atoms with van der Waals surface area (Å²) < 4.78 is 1.39. The Bertz CT molecular complexity index is 531. The van der Waals surface area contributed by atoms with Crippen molar-refractivity contribution >= 4 is 6.20 Å². The van der Waals surface area contributed by atoms with Crippen LogP contribution in [0, 0.1) is 5.41 Å². The largest absolute Gasteiger partial charge is 0.350 e. The summed E-state index contributed by atoms with van der Waals surface area (Å²) in [6.45, 7) is 6.14. The van der Waals surface area contributed by atoms with E-state index in [2.05, 4.69) is 9.97 Å². The molecular weight excluding hydrogens is 194 g/mol. The van der Waals surface area contributed by atoms with Crippen LogP contribution < -0.4 is 11.4 Å². The van der Waals surface area contributed by atoms with Gasteiger partial charge >= 0.3 is 11.4 Å². The maximum absolute atomic E-state index is 11.4. The minimum absolute atomic E-state index is 0.00694. The molecule has 0 aliphatic carbocycles. The third kappa shape index (κ3) is 1.54. The van der Waals surface area contributed by atoms with Gasteiger partial charge in [0.05, 0.1) is 0 Å². The molecule has 0 amide bonds. The third-order valence-corrected chi connectivity index (χ3v) is 2.53. The van der Waals surface area contributed by atoms with Gasteiger partial charge in [0.1, 0.15) is 5.82 Å². The van der Waals surface area contributed by atoms with Crippen LogP contribution in [-0.4, -0.2) is 14.5 Å². The standard InChI is InChI=1S/C10H13N3O2/c1-10(2,3)6-4-5-13-7(6)11-8(14)12-9(13)15/h4-6H,1-3H3,(H,12,14,15). The van der Waals surface area contributed by atoms with Crippen LogP contribution in [0.3, 0.4) is 0 Å². The first-order chi connectivity index (χ1) is 6.89. The second-order valence-corrected chi connectivity index (χ2v) is 4.76. The highest BCUT2D eigenvalue weighted by atomic mass is 16.2. The third-order valence-electron chi connectivity index (χ3n) is 2.53. The van der Waals surface area contributed by atoms with Crippen molar-refractivity contribution in [3.8, 4) is 0 Å². The molecule has 2 rings (SSSR count). The summed E-state index contributed by atoms with van der Waals surface area (Å²) in [5.41, 5.74) is -1.06. The number of allylic oxidation sites excluding steroid dienone is 1. The maximum Gasteiger partial charge on any atom is 0.350 e. The molecule has 0 spiro atoms. The van der Waals surface area contributed by atoms with Crippen molar-refractivity contribution in [1.29, 1.82) is 0 Å². The highest BCUT2D eigenvalue weighted by Gasteiger charge is 2.31. The van der Waals surface area contributed by atoms with Crippen LogP contribution in [0.25, 0.3) is 6.20 Å². The lowest BCUT2D eigenvalue weighted by atomic mass is 9.81. The van der Waals surface area contributed by atoms with Crippen LogP contribution in [-0.2, 0) is 0 Å². The molecule has 0 bridgehead atoms. The van der Waals surface area contributed by atoms with Gasteiger partial charge in [-0.05, 0) is 5.41 Å². The Balaban J connectivity index is 2.66. The number of nitrogens with zero attached hydrogens (tertiary/aromatic N) is 2. The first kappa shape index (κ1) is 9.89. The fourth-order valence-corrected chi connectivity index (χ4v) is 1.74. The molecule has 1 aromatic rings. The first-order valence-electron chi connectivity index (χ1n) is 4.80. The van der Waals surface area contributed by atoms with Gasteiger partial charge in [0, 0.05) is 12.1 Å². The van der Waals surface area contributed by atoms with Gasteiger partial charge in [0.2, 0.25) is 0 Å². The number of hydrogen-bond donors (Lipinski definition) is 1. The number of aromatic nitrogens is 3. The predicted octanol–water partition coefficient (Wildman–Crippen LogP) is 0.546. The molecule has 1 atom stereocenters. The summed E-state index contributed by atoms with van der Waals surface area (Å²) in [6, 6.07) is 0. The molecule has 1 N–H and O–H groups in total. The number of rotatable bonds is 0. The Morgan fingerprint density at radius 1 is 1.40 bits per heavy atom. The Morgan fingerprint density at radius 3 is 2.67 bits per heavy atom. The average Bonchev–Trinajstić information content (AvgIpc) is 2.45. The number of nitrogens with one attached hydrogen (secondary N) is 1. The number of aromatic amines is 1. The number of H-pyrrole nitrogens is 1. The van der Waals surface area contributed by atoms with Gasteiger partial charge in [-0.3, -0.25) is 9.55 Å². The van der Waals surface area contributed by atoms with Crippen LogP contribution in [0.1, 0.15) is 32.5 Å². The van der Waals surface area contributed by atoms with Crippen LogP contribution in [0.5, 0.6) is 0 Å². The zero-order valence-electron chi connectivity index (χ0n) is 8.94. The van der Waals surface area contributed by atoms with Gasteiger partial charge in [-0.1, -0.05) is 26.8 Å². The summed E-state index contributed by atoms with van der Waals surface area (Å²) in [5.74, 6) is 0.531. The molecule has 0 aromatic carbocycles. The molecule has 0 fully saturated rings. The lowest BCUT2D eigenvalue weighted by molar-refractivity contribution is 0.357. The Kier molecular flexibility index (Phi) is 1.92. The Labute approximate surface area is 86.5 Å². The van der Waals surface area contributed by atoms with E-state index in [1.165, 1.54) is 4.57 Å². The van der Waals surface area contributed by atoms with Gasteiger partial charge in [0.25, 0.3) is 0 Å².